The maximum atomic E-state index is 3.57. The Morgan fingerprint density at radius 1 is 1.21 bits per heavy atom. The van der Waals surface area contributed by atoms with Gasteiger partial charge in [-0.05, 0) is 44.9 Å². The number of likely N-dealkylation sites (N-methyl/N-ethyl adjacent to an activating group) is 1. The number of nitrogens with zero attached hydrogens (tertiary/aromatic N) is 1. The molecule has 19 heavy (non-hydrogen) atoms. The summed E-state index contributed by atoms with van der Waals surface area (Å²) in [5.41, 5.74) is 4.17. The van der Waals surface area contributed by atoms with Crippen molar-refractivity contribution in [2.24, 2.45) is 0 Å². The summed E-state index contributed by atoms with van der Waals surface area (Å²) in [6.07, 6.45) is 5.64. The quantitative estimate of drug-likeness (QED) is 0.790. The van der Waals surface area contributed by atoms with Crippen molar-refractivity contribution in [1.29, 1.82) is 0 Å². The van der Waals surface area contributed by atoms with Gasteiger partial charge < -0.3 is 10.2 Å². The van der Waals surface area contributed by atoms with Crippen molar-refractivity contribution in [1.82, 2.24) is 10.2 Å². The lowest BCUT2D eigenvalue weighted by Crippen LogP contribution is -2.35. The van der Waals surface area contributed by atoms with Crippen LogP contribution >= 0.6 is 0 Å². The molecule has 1 N–H and O–H groups in total. The SMILES string of the molecule is Cc1ccc(CNCCN(C)C2CCCC2)c(C)c1. The summed E-state index contributed by atoms with van der Waals surface area (Å²) in [6, 6.07) is 7.55. The fourth-order valence-electron chi connectivity index (χ4n) is 3.05. The largest absolute Gasteiger partial charge is 0.311 e. The van der Waals surface area contributed by atoms with Gasteiger partial charge in [-0.2, -0.15) is 0 Å². The first-order valence-electron chi connectivity index (χ1n) is 7.64. The van der Waals surface area contributed by atoms with Crippen LogP contribution in [0.4, 0.5) is 0 Å². The van der Waals surface area contributed by atoms with Gasteiger partial charge in [0.25, 0.3) is 0 Å². The molecule has 2 rings (SSSR count). The first-order chi connectivity index (χ1) is 9.16. The first-order valence-corrected chi connectivity index (χ1v) is 7.64. The third-order valence-electron chi connectivity index (χ3n) is 4.40. The fraction of sp³-hybridized carbons (Fsp3) is 0.647. The Hall–Kier alpha value is -0.860. The van der Waals surface area contributed by atoms with Gasteiger partial charge in [-0.15, -0.1) is 0 Å². The molecule has 0 unspecified atom stereocenters. The van der Waals surface area contributed by atoms with E-state index in [2.05, 4.69) is 49.3 Å². The fourth-order valence-corrected chi connectivity index (χ4v) is 3.05. The highest BCUT2D eigenvalue weighted by Crippen LogP contribution is 2.21. The number of aryl methyl sites for hydroxylation is 2. The number of rotatable bonds is 6. The predicted molar refractivity (Wildman–Crippen MR) is 82.5 cm³/mol. The summed E-state index contributed by atoms with van der Waals surface area (Å²) in [7, 11) is 2.27. The van der Waals surface area contributed by atoms with Crippen LogP contribution in [0.2, 0.25) is 0 Å². The van der Waals surface area contributed by atoms with E-state index in [0.717, 1.165) is 25.7 Å². The van der Waals surface area contributed by atoms with Gasteiger partial charge in [0, 0.05) is 25.7 Å². The van der Waals surface area contributed by atoms with Gasteiger partial charge in [-0.25, -0.2) is 0 Å². The van der Waals surface area contributed by atoms with Gasteiger partial charge in [0.1, 0.15) is 0 Å². The summed E-state index contributed by atoms with van der Waals surface area (Å²) >= 11 is 0. The summed E-state index contributed by atoms with van der Waals surface area (Å²) < 4.78 is 0. The molecule has 0 atom stereocenters. The van der Waals surface area contributed by atoms with E-state index in [1.807, 2.05) is 0 Å². The molecule has 0 heterocycles. The minimum absolute atomic E-state index is 0.836. The van der Waals surface area contributed by atoms with Crippen molar-refractivity contribution < 1.29 is 0 Å². The zero-order valence-electron chi connectivity index (χ0n) is 12.7. The van der Waals surface area contributed by atoms with Crippen LogP contribution in [0.1, 0.15) is 42.4 Å². The molecule has 1 fully saturated rings. The Bertz CT molecular complexity index is 394. The van der Waals surface area contributed by atoms with Gasteiger partial charge in [-0.3, -0.25) is 0 Å². The van der Waals surface area contributed by atoms with Crippen molar-refractivity contribution in [2.45, 2.75) is 52.1 Å². The van der Waals surface area contributed by atoms with Crippen LogP contribution in [-0.2, 0) is 6.54 Å². The zero-order valence-corrected chi connectivity index (χ0v) is 12.7. The molecule has 0 aliphatic heterocycles. The second-order valence-corrected chi connectivity index (χ2v) is 6.03. The Kier molecular flexibility index (Phi) is 5.41. The van der Waals surface area contributed by atoms with Crippen LogP contribution in [-0.4, -0.2) is 31.1 Å². The molecule has 0 aromatic heterocycles. The maximum Gasteiger partial charge on any atom is 0.0208 e. The van der Waals surface area contributed by atoms with Crippen molar-refractivity contribution in [3.05, 3.63) is 34.9 Å². The highest BCUT2D eigenvalue weighted by atomic mass is 15.1. The number of hydrogen-bond acceptors (Lipinski definition) is 2. The Morgan fingerprint density at radius 3 is 2.63 bits per heavy atom. The van der Waals surface area contributed by atoms with Gasteiger partial charge in [0.2, 0.25) is 0 Å². The summed E-state index contributed by atoms with van der Waals surface area (Å²) in [6.45, 7) is 7.59. The second-order valence-electron chi connectivity index (χ2n) is 6.03. The van der Waals surface area contributed by atoms with Gasteiger partial charge in [0.15, 0.2) is 0 Å². The topological polar surface area (TPSA) is 15.3 Å². The van der Waals surface area contributed by atoms with Gasteiger partial charge in [0.05, 0.1) is 0 Å². The van der Waals surface area contributed by atoms with E-state index in [0.29, 0.717) is 0 Å². The van der Waals surface area contributed by atoms with Crippen LogP contribution in [0.3, 0.4) is 0 Å². The molecule has 0 bridgehead atoms. The molecular formula is C17H28N2. The molecule has 0 saturated heterocycles. The van der Waals surface area contributed by atoms with Crippen molar-refractivity contribution in [3.8, 4) is 0 Å². The molecule has 0 radical (unpaired) electrons. The third kappa shape index (κ3) is 4.32. The average Bonchev–Trinajstić information content (AvgIpc) is 2.90. The summed E-state index contributed by atoms with van der Waals surface area (Å²) in [4.78, 5) is 2.53. The Labute approximate surface area is 118 Å². The maximum absolute atomic E-state index is 3.57. The van der Waals surface area contributed by atoms with E-state index < -0.39 is 0 Å². The molecule has 2 heteroatoms. The van der Waals surface area contributed by atoms with E-state index in [9.17, 15) is 0 Å². The first kappa shape index (κ1) is 14.5. The number of hydrogen-bond donors (Lipinski definition) is 1. The standard InChI is InChI=1S/C17H28N2/c1-14-8-9-16(15(2)12-14)13-18-10-11-19(3)17-6-4-5-7-17/h8-9,12,17-18H,4-7,10-11,13H2,1-3H3. The van der Waals surface area contributed by atoms with Crippen LogP contribution < -0.4 is 5.32 Å². The van der Waals surface area contributed by atoms with Crippen LogP contribution in [0.5, 0.6) is 0 Å². The van der Waals surface area contributed by atoms with E-state index in [1.54, 1.807) is 0 Å². The minimum Gasteiger partial charge on any atom is -0.311 e. The molecule has 0 spiro atoms. The predicted octanol–water partition coefficient (Wildman–Crippen LogP) is 3.27. The lowest BCUT2D eigenvalue weighted by Gasteiger charge is -2.24. The van der Waals surface area contributed by atoms with E-state index >= 15 is 0 Å². The van der Waals surface area contributed by atoms with Crippen LogP contribution in [0, 0.1) is 13.8 Å². The normalized spacial score (nSPS) is 16.4. The molecular weight excluding hydrogens is 232 g/mol. The molecule has 0 amide bonds. The number of benzene rings is 1. The molecule has 1 saturated carbocycles. The van der Waals surface area contributed by atoms with Gasteiger partial charge in [-0.1, -0.05) is 36.6 Å². The smallest absolute Gasteiger partial charge is 0.0208 e. The van der Waals surface area contributed by atoms with Crippen molar-refractivity contribution >= 4 is 0 Å². The molecule has 1 aliphatic rings. The van der Waals surface area contributed by atoms with E-state index in [1.165, 1.54) is 42.4 Å². The van der Waals surface area contributed by atoms with Crippen LogP contribution in [0.25, 0.3) is 0 Å². The third-order valence-corrected chi connectivity index (χ3v) is 4.40. The molecule has 1 aromatic rings. The average molecular weight is 260 g/mol. The highest BCUT2D eigenvalue weighted by molar-refractivity contribution is 5.30. The van der Waals surface area contributed by atoms with E-state index in [4.69, 9.17) is 0 Å². The van der Waals surface area contributed by atoms with Crippen LogP contribution in [0.15, 0.2) is 18.2 Å². The highest BCUT2D eigenvalue weighted by Gasteiger charge is 2.18. The van der Waals surface area contributed by atoms with Crippen molar-refractivity contribution in [3.63, 3.8) is 0 Å². The monoisotopic (exact) mass is 260 g/mol. The Morgan fingerprint density at radius 2 is 1.95 bits per heavy atom. The summed E-state index contributed by atoms with van der Waals surface area (Å²) in [5.74, 6) is 0. The second kappa shape index (κ2) is 7.06. The van der Waals surface area contributed by atoms with E-state index in [-0.39, 0.29) is 0 Å². The van der Waals surface area contributed by atoms with Crippen molar-refractivity contribution in [2.75, 3.05) is 20.1 Å². The minimum atomic E-state index is 0.836. The molecule has 1 aromatic carbocycles. The lowest BCUT2D eigenvalue weighted by atomic mass is 10.1. The summed E-state index contributed by atoms with van der Waals surface area (Å²) in [5, 5.41) is 3.57. The van der Waals surface area contributed by atoms with Gasteiger partial charge >= 0.3 is 0 Å². The Balaban J connectivity index is 1.68. The zero-order chi connectivity index (χ0) is 13.7. The lowest BCUT2D eigenvalue weighted by molar-refractivity contribution is 0.245. The molecule has 1 aliphatic carbocycles. The molecule has 2 nitrogen and oxygen atoms in total. The number of nitrogens with one attached hydrogen (secondary N) is 1. The molecule has 106 valence electrons.